The van der Waals surface area contributed by atoms with Crippen molar-refractivity contribution < 1.29 is 61.9 Å². The molecule has 0 bridgehead atoms. The number of esters is 4. The number of ether oxygens (including phenoxy) is 8. The molecule has 2 fully saturated rings. The Kier molecular flexibility index (Phi) is 11.0. The van der Waals surface area contributed by atoms with Crippen LogP contribution in [0.4, 0.5) is 0 Å². The Bertz CT molecular complexity index is 1330. The van der Waals surface area contributed by atoms with Crippen LogP contribution in [0.2, 0.25) is 0 Å². The van der Waals surface area contributed by atoms with Crippen molar-refractivity contribution in [2.45, 2.75) is 83.6 Å². The molecule has 1 aromatic heterocycles. The molecule has 44 heavy (non-hydrogen) atoms. The van der Waals surface area contributed by atoms with Crippen LogP contribution in [0.1, 0.15) is 52.0 Å². The Morgan fingerprint density at radius 2 is 1.43 bits per heavy atom. The van der Waals surface area contributed by atoms with Crippen molar-refractivity contribution in [1.29, 1.82) is 0 Å². The minimum Gasteiger partial charge on any atom is -0.463 e. The SMILES string of the molecule is CC(=O)OC[C@H]1O[C@@H](OCC2(NC(=O)c3cc(=O)[nH]c(=O)[nH]3)COC(C)(C)OC2)[C@H](OC(C)=O)[C@@H](OC(C)=O)[C@H]1OC(C)=O. The van der Waals surface area contributed by atoms with Crippen LogP contribution in [0.25, 0.3) is 0 Å². The van der Waals surface area contributed by atoms with E-state index in [9.17, 15) is 33.6 Å². The highest BCUT2D eigenvalue weighted by molar-refractivity contribution is 5.92. The molecule has 0 spiro atoms. The predicted octanol–water partition coefficient (Wildman–Crippen LogP) is -1.59. The van der Waals surface area contributed by atoms with E-state index in [1.165, 1.54) is 0 Å². The quantitative estimate of drug-likeness (QED) is 0.195. The number of amides is 1. The van der Waals surface area contributed by atoms with Crippen LogP contribution in [-0.4, -0.2) is 108 Å². The van der Waals surface area contributed by atoms with E-state index >= 15 is 0 Å². The standard InChI is InChI=1S/C26H35N3O15/c1-12(30)37-8-17-19(41-13(2)31)20(42-14(3)32)21(43-15(4)33)23(44-17)38-9-26(10-39-25(5,6)40-11-26)29-22(35)16-7-18(34)28-24(36)27-16/h7,17,19-21,23H,8-11H2,1-6H3,(H,29,35)(H2,27,28,34,36)/t17-,19+,20+,21-,23-/m1/s1. The molecule has 5 atom stereocenters. The zero-order valence-corrected chi connectivity index (χ0v) is 24.9. The summed E-state index contributed by atoms with van der Waals surface area (Å²) in [6.45, 7) is 6.28. The summed E-state index contributed by atoms with van der Waals surface area (Å²) in [5.41, 5.74) is -3.58. The smallest absolute Gasteiger partial charge is 0.326 e. The minimum absolute atomic E-state index is 0.204. The summed E-state index contributed by atoms with van der Waals surface area (Å²) in [5.74, 6) is -5.11. The van der Waals surface area contributed by atoms with Gasteiger partial charge in [0.05, 0.1) is 19.8 Å². The van der Waals surface area contributed by atoms with Gasteiger partial charge in [-0.2, -0.15) is 0 Å². The molecule has 1 amide bonds. The number of carbonyl (C=O) groups is 5. The molecule has 2 aliphatic rings. The Hall–Kier alpha value is -4.13. The molecule has 0 aromatic carbocycles. The van der Waals surface area contributed by atoms with Crippen LogP contribution >= 0.6 is 0 Å². The fraction of sp³-hybridized carbons (Fsp3) is 0.654. The van der Waals surface area contributed by atoms with Crippen LogP contribution in [0, 0.1) is 0 Å². The van der Waals surface area contributed by atoms with Gasteiger partial charge in [0.2, 0.25) is 0 Å². The van der Waals surface area contributed by atoms with E-state index in [0.717, 1.165) is 33.8 Å². The number of nitrogens with one attached hydrogen (secondary N) is 3. The summed E-state index contributed by atoms with van der Waals surface area (Å²) >= 11 is 0. The van der Waals surface area contributed by atoms with Gasteiger partial charge in [0.1, 0.15) is 23.9 Å². The van der Waals surface area contributed by atoms with Crippen molar-refractivity contribution in [1.82, 2.24) is 15.3 Å². The molecule has 1 aromatic rings. The maximum absolute atomic E-state index is 13.1. The lowest BCUT2D eigenvalue weighted by Gasteiger charge is -2.46. The van der Waals surface area contributed by atoms with Crippen LogP contribution < -0.4 is 16.6 Å². The number of aromatic amines is 2. The molecule has 0 radical (unpaired) electrons. The second-order valence-electron chi connectivity index (χ2n) is 10.6. The predicted molar refractivity (Wildman–Crippen MR) is 142 cm³/mol. The molecule has 3 rings (SSSR count). The minimum atomic E-state index is -1.56. The van der Waals surface area contributed by atoms with Gasteiger partial charge < -0.3 is 48.2 Å². The molecule has 2 aliphatic heterocycles. The second kappa shape index (κ2) is 14.1. The summed E-state index contributed by atoms with van der Waals surface area (Å²) in [4.78, 5) is 88.5. The molecule has 0 aliphatic carbocycles. The average Bonchev–Trinajstić information content (AvgIpc) is 2.89. The van der Waals surface area contributed by atoms with E-state index in [0.29, 0.717) is 0 Å². The summed E-state index contributed by atoms with van der Waals surface area (Å²) in [7, 11) is 0. The third-order valence-electron chi connectivity index (χ3n) is 6.25. The van der Waals surface area contributed by atoms with E-state index in [1.807, 2.05) is 4.98 Å². The highest BCUT2D eigenvalue weighted by Crippen LogP contribution is 2.31. The van der Waals surface area contributed by atoms with E-state index in [4.69, 9.17) is 37.9 Å². The number of rotatable bonds is 10. The Morgan fingerprint density at radius 1 is 0.864 bits per heavy atom. The largest absolute Gasteiger partial charge is 0.463 e. The first kappa shape index (κ1) is 34.4. The van der Waals surface area contributed by atoms with Crippen molar-refractivity contribution in [3.8, 4) is 0 Å². The molecule has 18 nitrogen and oxygen atoms in total. The van der Waals surface area contributed by atoms with E-state index in [1.54, 1.807) is 13.8 Å². The molecule has 2 saturated heterocycles. The van der Waals surface area contributed by atoms with Gasteiger partial charge in [-0.1, -0.05) is 0 Å². The number of carbonyl (C=O) groups excluding carboxylic acids is 5. The molecular formula is C26H35N3O15. The van der Waals surface area contributed by atoms with Gasteiger partial charge in [-0.25, -0.2) is 4.79 Å². The van der Waals surface area contributed by atoms with E-state index in [-0.39, 0.29) is 18.9 Å². The topological polar surface area (TPSA) is 237 Å². The molecule has 0 saturated carbocycles. The van der Waals surface area contributed by atoms with Gasteiger partial charge in [-0.3, -0.25) is 33.8 Å². The highest BCUT2D eigenvalue weighted by atomic mass is 16.7. The second-order valence-corrected chi connectivity index (χ2v) is 10.6. The van der Waals surface area contributed by atoms with E-state index in [2.05, 4.69) is 10.3 Å². The summed E-state index contributed by atoms with van der Waals surface area (Å²) in [6.07, 6.45) is -7.23. The summed E-state index contributed by atoms with van der Waals surface area (Å²) in [6, 6.07) is 0.874. The van der Waals surface area contributed by atoms with Gasteiger partial charge in [0.15, 0.2) is 30.4 Å². The van der Waals surface area contributed by atoms with Crippen molar-refractivity contribution in [2.24, 2.45) is 0 Å². The summed E-state index contributed by atoms with van der Waals surface area (Å²) in [5, 5.41) is 2.64. The van der Waals surface area contributed by atoms with Gasteiger partial charge in [0, 0.05) is 33.8 Å². The Labute approximate surface area is 249 Å². The van der Waals surface area contributed by atoms with Gasteiger partial charge in [-0.15, -0.1) is 0 Å². The number of H-pyrrole nitrogens is 2. The van der Waals surface area contributed by atoms with Crippen LogP contribution in [-0.2, 0) is 57.1 Å². The number of hydrogen-bond acceptors (Lipinski definition) is 15. The van der Waals surface area contributed by atoms with Gasteiger partial charge in [0.25, 0.3) is 11.5 Å². The van der Waals surface area contributed by atoms with Crippen LogP contribution in [0.15, 0.2) is 15.7 Å². The number of hydrogen-bond donors (Lipinski definition) is 3. The van der Waals surface area contributed by atoms with Crippen molar-refractivity contribution in [3.05, 3.63) is 32.6 Å². The number of aromatic nitrogens is 2. The van der Waals surface area contributed by atoms with Crippen LogP contribution in [0.5, 0.6) is 0 Å². The fourth-order valence-electron chi connectivity index (χ4n) is 4.36. The molecule has 3 N–H and O–H groups in total. The first-order valence-corrected chi connectivity index (χ1v) is 13.4. The highest BCUT2D eigenvalue weighted by Gasteiger charge is 2.54. The first-order valence-electron chi connectivity index (χ1n) is 13.4. The molecule has 3 heterocycles. The molecule has 244 valence electrons. The van der Waals surface area contributed by atoms with Crippen molar-refractivity contribution in [2.75, 3.05) is 26.4 Å². The van der Waals surface area contributed by atoms with Crippen molar-refractivity contribution >= 4 is 29.8 Å². The summed E-state index contributed by atoms with van der Waals surface area (Å²) < 4.78 is 44.6. The molecule has 0 unspecified atom stereocenters. The maximum Gasteiger partial charge on any atom is 0.326 e. The van der Waals surface area contributed by atoms with Gasteiger partial charge in [-0.05, 0) is 13.8 Å². The van der Waals surface area contributed by atoms with Crippen molar-refractivity contribution in [3.63, 3.8) is 0 Å². The molecule has 18 heteroatoms. The van der Waals surface area contributed by atoms with Gasteiger partial charge >= 0.3 is 29.6 Å². The van der Waals surface area contributed by atoms with Crippen LogP contribution in [0.3, 0.4) is 0 Å². The maximum atomic E-state index is 13.1. The third-order valence-corrected chi connectivity index (χ3v) is 6.25. The zero-order valence-electron chi connectivity index (χ0n) is 24.9. The normalized spacial score (nSPS) is 25.6. The lowest BCUT2D eigenvalue weighted by atomic mass is 9.97. The fourth-order valence-corrected chi connectivity index (χ4v) is 4.36. The molecular weight excluding hydrogens is 594 g/mol. The lowest BCUT2D eigenvalue weighted by Crippen LogP contribution is -2.66. The van der Waals surface area contributed by atoms with E-state index < -0.39 is 96.3 Å². The Morgan fingerprint density at radius 3 is 1.98 bits per heavy atom. The zero-order chi connectivity index (χ0) is 32.8. The monoisotopic (exact) mass is 629 g/mol. The Balaban J connectivity index is 1.96. The lowest BCUT2D eigenvalue weighted by molar-refractivity contribution is -0.321. The average molecular weight is 630 g/mol. The third kappa shape index (κ3) is 9.43. The first-order chi connectivity index (χ1) is 20.5.